The van der Waals surface area contributed by atoms with E-state index in [2.05, 4.69) is 0 Å². The van der Waals surface area contributed by atoms with Crippen molar-refractivity contribution in [3.05, 3.63) is 29.8 Å². The number of rotatable bonds is 7. The van der Waals surface area contributed by atoms with E-state index in [0.29, 0.717) is 0 Å². The van der Waals surface area contributed by atoms with E-state index in [1.54, 1.807) is 0 Å². The van der Waals surface area contributed by atoms with E-state index < -0.39 is 26.6 Å². The highest BCUT2D eigenvalue weighted by Crippen LogP contribution is 2.21. The monoisotopic (exact) mass is 304 g/mol. The minimum atomic E-state index is -4.21. The zero-order valence-corrected chi connectivity index (χ0v) is 11.7. The Morgan fingerprint density at radius 1 is 1.35 bits per heavy atom. The largest absolute Gasteiger partial charge is 0.383 e. The predicted molar refractivity (Wildman–Crippen MR) is 67.2 cm³/mol. The van der Waals surface area contributed by atoms with Gasteiger partial charge in [0.15, 0.2) is 11.6 Å². The third-order valence-corrected chi connectivity index (χ3v) is 4.47. The van der Waals surface area contributed by atoms with E-state index in [-0.39, 0.29) is 26.1 Å². The number of nitrogens with zero attached hydrogens (tertiary/aromatic N) is 2. The smallest absolute Gasteiger partial charge is 0.246 e. The third kappa shape index (κ3) is 3.72. The Morgan fingerprint density at radius 3 is 2.65 bits per heavy atom. The van der Waals surface area contributed by atoms with Gasteiger partial charge < -0.3 is 4.74 Å². The van der Waals surface area contributed by atoms with Gasteiger partial charge in [0, 0.05) is 26.6 Å². The van der Waals surface area contributed by atoms with Crippen molar-refractivity contribution in [1.82, 2.24) is 4.31 Å². The summed E-state index contributed by atoms with van der Waals surface area (Å²) in [5.41, 5.74) is 0. The van der Waals surface area contributed by atoms with Crippen molar-refractivity contribution in [1.29, 1.82) is 5.26 Å². The zero-order chi connectivity index (χ0) is 15.2. The summed E-state index contributed by atoms with van der Waals surface area (Å²) in [6.07, 6.45) is -0.0557. The highest BCUT2D eigenvalue weighted by molar-refractivity contribution is 7.89. The second kappa shape index (κ2) is 7.28. The fourth-order valence-corrected chi connectivity index (χ4v) is 3.04. The molecule has 0 radical (unpaired) electrons. The van der Waals surface area contributed by atoms with Crippen LogP contribution in [-0.4, -0.2) is 39.5 Å². The third-order valence-electron chi connectivity index (χ3n) is 2.55. The van der Waals surface area contributed by atoms with Gasteiger partial charge in [-0.1, -0.05) is 6.07 Å². The van der Waals surface area contributed by atoms with Crippen molar-refractivity contribution in [3.8, 4) is 6.07 Å². The number of hydrogen-bond donors (Lipinski definition) is 0. The lowest BCUT2D eigenvalue weighted by Gasteiger charge is -2.21. The number of ether oxygens (including phenoxy) is 1. The maximum Gasteiger partial charge on any atom is 0.246 e. The van der Waals surface area contributed by atoms with E-state index in [1.165, 1.54) is 7.11 Å². The quantitative estimate of drug-likeness (QED) is 0.765. The van der Waals surface area contributed by atoms with E-state index in [4.69, 9.17) is 10.00 Å². The lowest BCUT2D eigenvalue weighted by Crippen LogP contribution is -2.35. The first-order valence-corrected chi connectivity index (χ1v) is 7.19. The highest BCUT2D eigenvalue weighted by atomic mass is 32.2. The first-order valence-electron chi connectivity index (χ1n) is 5.75. The number of benzene rings is 1. The Bertz CT molecular complexity index is 599. The van der Waals surface area contributed by atoms with Crippen LogP contribution in [0.1, 0.15) is 6.42 Å². The van der Waals surface area contributed by atoms with Crippen molar-refractivity contribution in [2.75, 3.05) is 26.8 Å². The molecule has 0 aromatic heterocycles. The standard InChI is InChI=1S/C12H14F2N2O3S/c1-19-9-8-16(7-3-6-15)20(17,18)11-5-2-4-10(13)12(11)14/h2,4-5H,3,7-9H2,1H3. The van der Waals surface area contributed by atoms with Crippen LogP contribution < -0.4 is 0 Å². The summed E-state index contributed by atoms with van der Waals surface area (Å²) in [6.45, 7) is -0.0732. The van der Waals surface area contributed by atoms with Crippen LogP contribution in [0.4, 0.5) is 8.78 Å². The molecule has 0 heterocycles. The van der Waals surface area contributed by atoms with Gasteiger partial charge >= 0.3 is 0 Å². The Hall–Kier alpha value is -1.56. The molecule has 0 fully saturated rings. The first kappa shape index (κ1) is 16.5. The van der Waals surface area contributed by atoms with Gasteiger partial charge in [-0.2, -0.15) is 9.57 Å². The normalized spacial score (nSPS) is 11.6. The molecular formula is C12H14F2N2O3S. The van der Waals surface area contributed by atoms with Crippen molar-refractivity contribution in [3.63, 3.8) is 0 Å². The van der Waals surface area contributed by atoms with E-state index in [1.807, 2.05) is 6.07 Å². The Morgan fingerprint density at radius 2 is 2.05 bits per heavy atom. The first-order chi connectivity index (χ1) is 9.45. The summed E-state index contributed by atoms with van der Waals surface area (Å²) in [5.74, 6) is -2.66. The summed E-state index contributed by atoms with van der Waals surface area (Å²) in [7, 11) is -2.82. The fourth-order valence-electron chi connectivity index (χ4n) is 1.54. The molecule has 0 aliphatic carbocycles. The van der Waals surface area contributed by atoms with Crippen molar-refractivity contribution >= 4 is 10.0 Å². The Kier molecular flexibility index (Phi) is 6.01. The van der Waals surface area contributed by atoms with Crippen LogP contribution in [0.2, 0.25) is 0 Å². The molecule has 0 spiro atoms. The molecule has 110 valence electrons. The second-order valence-corrected chi connectivity index (χ2v) is 5.76. The molecule has 1 rings (SSSR count). The highest BCUT2D eigenvalue weighted by Gasteiger charge is 2.28. The molecule has 0 saturated carbocycles. The fraction of sp³-hybridized carbons (Fsp3) is 0.417. The minimum Gasteiger partial charge on any atom is -0.383 e. The van der Waals surface area contributed by atoms with Crippen molar-refractivity contribution in [2.24, 2.45) is 0 Å². The number of halogens is 2. The van der Waals surface area contributed by atoms with Crippen LogP contribution in [-0.2, 0) is 14.8 Å². The van der Waals surface area contributed by atoms with Crippen LogP contribution in [0.5, 0.6) is 0 Å². The van der Waals surface area contributed by atoms with Gasteiger partial charge in [0.2, 0.25) is 10.0 Å². The summed E-state index contributed by atoms with van der Waals surface area (Å²) >= 11 is 0. The minimum absolute atomic E-state index is 0.0452. The summed E-state index contributed by atoms with van der Waals surface area (Å²) in [4.78, 5) is -0.744. The second-order valence-electron chi connectivity index (χ2n) is 3.86. The predicted octanol–water partition coefficient (Wildman–Crippen LogP) is 1.52. The topological polar surface area (TPSA) is 70.4 Å². The summed E-state index contributed by atoms with van der Waals surface area (Å²) in [6, 6.07) is 4.75. The van der Waals surface area contributed by atoms with Crippen molar-refractivity contribution in [2.45, 2.75) is 11.3 Å². The number of methoxy groups -OCH3 is 1. The zero-order valence-electron chi connectivity index (χ0n) is 10.8. The van der Waals surface area contributed by atoms with Crippen LogP contribution in [0.25, 0.3) is 0 Å². The lowest BCUT2D eigenvalue weighted by atomic mass is 10.3. The number of nitriles is 1. The Labute approximate surface area is 116 Å². The van der Waals surface area contributed by atoms with Crippen LogP contribution in [0, 0.1) is 23.0 Å². The average molecular weight is 304 g/mol. The van der Waals surface area contributed by atoms with Crippen LogP contribution in [0.15, 0.2) is 23.1 Å². The van der Waals surface area contributed by atoms with Gasteiger partial charge in [-0.25, -0.2) is 17.2 Å². The van der Waals surface area contributed by atoms with Gasteiger partial charge in [-0.15, -0.1) is 0 Å². The molecule has 1 aromatic carbocycles. The molecule has 0 saturated heterocycles. The van der Waals surface area contributed by atoms with E-state index in [0.717, 1.165) is 22.5 Å². The summed E-state index contributed by atoms with van der Waals surface area (Å²) in [5, 5.41) is 8.54. The molecule has 1 aromatic rings. The molecule has 0 N–H and O–H groups in total. The molecule has 8 heteroatoms. The van der Waals surface area contributed by atoms with Gasteiger partial charge in [0.25, 0.3) is 0 Å². The summed E-state index contributed by atoms with van der Waals surface area (Å²) < 4.78 is 57.0. The van der Waals surface area contributed by atoms with Crippen LogP contribution in [0.3, 0.4) is 0 Å². The van der Waals surface area contributed by atoms with Gasteiger partial charge in [0.1, 0.15) is 4.90 Å². The molecule has 0 unspecified atom stereocenters. The Balaban J connectivity index is 3.15. The SMILES string of the molecule is COCCN(CCC#N)S(=O)(=O)c1cccc(F)c1F. The lowest BCUT2D eigenvalue weighted by molar-refractivity contribution is 0.179. The molecule has 5 nitrogen and oxygen atoms in total. The van der Waals surface area contributed by atoms with Gasteiger partial charge in [0.05, 0.1) is 12.7 Å². The molecule has 0 aliphatic rings. The average Bonchev–Trinajstić information content (AvgIpc) is 2.41. The van der Waals surface area contributed by atoms with E-state index in [9.17, 15) is 17.2 Å². The van der Waals surface area contributed by atoms with Crippen LogP contribution >= 0.6 is 0 Å². The van der Waals surface area contributed by atoms with Gasteiger partial charge in [-0.05, 0) is 12.1 Å². The number of sulfonamides is 1. The van der Waals surface area contributed by atoms with Crippen molar-refractivity contribution < 1.29 is 21.9 Å². The molecule has 0 atom stereocenters. The molecule has 0 aliphatic heterocycles. The van der Waals surface area contributed by atoms with Gasteiger partial charge in [-0.3, -0.25) is 0 Å². The molecule has 0 amide bonds. The molecule has 20 heavy (non-hydrogen) atoms. The molecule has 0 bridgehead atoms. The number of hydrogen-bond acceptors (Lipinski definition) is 4. The molecular weight excluding hydrogens is 290 g/mol. The maximum atomic E-state index is 13.6. The maximum absolute atomic E-state index is 13.6. The van der Waals surface area contributed by atoms with E-state index >= 15 is 0 Å².